The number of esters is 2. The molecule has 180 valence electrons. The molecule has 2 aromatic rings. The molecule has 0 aliphatic rings. The Balaban J connectivity index is 2.36. The van der Waals surface area contributed by atoms with Gasteiger partial charge in [-0.15, -0.1) is 5.11 Å². The Kier molecular flexibility index (Phi) is 9.62. The summed E-state index contributed by atoms with van der Waals surface area (Å²) in [6.07, 6.45) is 0. The number of azo groups is 1. The van der Waals surface area contributed by atoms with Crippen LogP contribution < -0.4 is 10.2 Å². The Morgan fingerprint density at radius 3 is 2.06 bits per heavy atom. The number of nitro benzene ring substituents is 1. The lowest BCUT2D eigenvalue weighted by Crippen LogP contribution is -2.36. The molecule has 12 nitrogen and oxygen atoms in total. The number of rotatable bonds is 11. The van der Waals surface area contributed by atoms with E-state index in [4.69, 9.17) is 9.47 Å². The number of ether oxygens (including phenoxy) is 2. The third-order valence-electron chi connectivity index (χ3n) is 4.24. The molecule has 0 spiro atoms. The summed E-state index contributed by atoms with van der Waals surface area (Å²) in [4.78, 5) is 47.6. The Morgan fingerprint density at radius 2 is 1.56 bits per heavy atom. The molecule has 0 heterocycles. The Labute approximate surface area is 195 Å². The van der Waals surface area contributed by atoms with Gasteiger partial charge in [0.05, 0.1) is 29.5 Å². The number of carbonyl (C=O) groups is 3. The minimum atomic E-state index is -0.533. The van der Waals surface area contributed by atoms with Crippen LogP contribution in [0.2, 0.25) is 0 Å². The van der Waals surface area contributed by atoms with Crippen LogP contribution in [0.25, 0.3) is 0 Å². The number of carbonyl (C=O) groups excluding carboxylic acids is 3. The van der Waals surface area contributed by atoms with E-state index in [2.05, 4.69) is 15.5 Å². The summed E-state index contributed by atoms with van der Waals surface area (Å²) in [7, 11) is 0. The zero-order chi connectivity index (χ0) is 25.1. The number of hydrogen-bond donors (Lipinski definition) is 1. The molecule has 34 heavy (non-hydrogen) atoms. The highest BCUT2D eigenvalue weighted by Crippen LogP contribution is 2.32. The molecule has 2 rings (SSSR count). The van der Waals surface area contributed by atoms with E-state index in [1.807, 2.05) is 0 Å². The van der Waals surface area contributed by atoms with Gasteiger partial charge in [0, 0.05) is 24.7 Å². The number of amides is 1. The molecule has 0 atom stereocenters. The fourth-order valence-corrected chi connectivity index (χ4v) is 2.81. The number of anilines is 2. The van der Waals surface area contributed by atoms with E-state index in [1.54, 1.807) is 32.0 Å². The quantitative estimate of drug-likeness (QED) is 0.224. The van der Waals surface area contributed by atoms with E-state index in [0.29, 0.717) is 17.1 Å². The maximum atomic E-state index is 12.1. The van der Waals surface area contributed by atoms with Crippen molar-refractivity contribution in [2.75, 3.05) is 36.5 Å². The van der Waals surface area contributed by atoms with Crippen molar-refractivity contribution in [3.8, 4) is 0 Å². The molecule has 0 radical (unpaired) electrons. The highest BCUT2D eigenvalue weighted by molar-refractivity contribution is 5.93. The van der Waals surface area contributed by atoms with Crippen molar-refractivity contribution in [3.63, 3.8) is 0 Å². The van der Waals surface area contributed by atoms with Crippen LogP contribution in [0.5, 0.6) is 0 Å². The van der Waals surface area contributed by atoms with Gasteiger partial charge in [-0.05, 0) is 44.2 Å². The van der Waals surface area contributed by atoms with Gasteiger partial charge in [0.1, 0.15) is 18.8 Å². The molecule has 12 heteroatoms. The smallest absolute Gasteiger partial charge is 0.325 e. The van der Waals surface area contributed by atoms with Gasteiger partial charge in [-0.2, -0.15) is 5.11 Å². The second-order valence-corrected chi connectivity index (χ2v) is 6.82. The summed E-state index contributed by atoms with van der Waals surface area (Å²) in [6.45, 7) is 4.61. The molecule has 0 saturated heterocycles. The van der Waals surface area contributed by atoms with E-state index in [-0.39, 0.29) is 43.6 Å². The monoisotopic (exact) mass is 471 g/mol. The number of hydrogen-bond acceptors (Lipinski definition) is 10. The first-order chi connectivity index (χ1) is 16.2. The first-order valence-electron chi connectivity index (χ1n) is 10.4. The number of nitrogens with zero attached hydrogens (tertiary/aromatic N) is 4. The maximum absolute atomic E-state index is 12.1. The van der Waals surface area contributed by atoms with E-state index < -0.39 is 16.9 Å². The van der Waals surface area contributed by atoms with Gasteiger partial charge in [-0.3, -0.25) is 24.5 Å². The molecule has 0 saturated carbocycles. The molecule has 1 amide bonds. The van der Waals surface area contributed by atoms with Gasteiger partial charge in [-0.25, -0.2) is 0 Å². The van der Waals surface area contributed by atoms with Crippen LogP contribution in [0.4, 0.5) is 28.4 Å². The van der Waals surface area contributed by atoms with Gasteiger partial charge in [-0.1, -0.05) is 0 Å². The van der Waals surface area contributed by atoms with Crippen molar-refractivity contribution in [1.29, 1.82) is 0 Å². The molecule has 0 bridgehead atoms. The van der Waals surface area contributed by atoms with Crippen LogP contribution in [0.1, 0.15) is 20.8 Å². The predicted molar refractivity (Wildman–Crippen MR) is 123 cm³/mol. The number of non-ortho nitro benzene ring substituents is 1. The molecular weight excluding hydrogens is 446 g/mol. The SMILES string of the molecule is CCOC(=O)CN(CC(=O)OCC)c1ccc(N=Nc2ccc([N+](=O)[O-])cc2)c(NC(C)=O)c1. The largest absolute Gasteiger partial charge is 0.465 e. The third kappa shape index (κ3) is 7.97. The molecule has 0 aliphatic heterocycles. The zero-order valence-corrected chi connectivity index (χ0v) is 19.0. The Bertz CT molecular complexity index is 1050. The summed E-state index contributed by atoms with van der Waals surface area (Å²) >= 11 is 0. The van der Waals surface area contributed by atoms with Gasteiger partial charge in [0.25, 0.3) is 5.69 Å². The van der Waals surface area contributed by atoms with Gasteiger partial charge in [0.15, 0.2) is 0 Å². The van der Waals surface area contributed by atoms with Gasteiger partial charge < -0.3 is 19.7 Å². The van der Waals surface area contributed by atoms with Crippen molar-refractivity contribution >= 4 is 46.3 Å². The van der Waals surface area contributed by atoms with E-state index >= 15 is 0 Å². The average Bonchev–Trinajstić information content (AvgIpc) is 2.78. The average molecular weight is 471 g/mol. The third-order valence-corrected chi connectivity index (χ3v) is 4.24. The Morgan fingerprint density at radius 1 is 0.971 bits per heavy atom. The molecule has 0 fully saturated rings. The van der Waals surface area contributed by atoms with Crippen molar-refractivity contribution < 1.29 is 28.8 Å². The van der Waals surface area contributed by atoms with Crippen molar-refractivity contribution in [2.45, 2.75) is 20.8 Å². The summed E-state index contributed by atoms with van der Waals surface area (Å²) in [5.41, 5.74) is 1.32. The molecule has 0 unspecified atom stereocenters. The van der Waals surface area contributed by atoms with Crippen molar-refractivity contribution in [1.82, 2.24) is 0 Å². The van der Waals surface area contributed by atoms with Crippen LogP contribution in [0, 0.1) is 10.1 Å². The second kappa shape index (κ2) is 12.6. The summed E-state index contributed by atoms with van der Waals surface area (Å²) in [6, 6.07) is 10.2. The van der Waals surface area contributed by atoms with Crippen LogP contribution in [0.15, 0.2) is 52.7 Å². The number of nitrogens with one attached hydrogen (secondary N) is 1. The lowest BCUT2D eigenvalue weighted by molar-refractivity contribution is -0.384. The van der Waals surface area contributed by atoms with E-state index in [1.165, 1.54) is 36.1 Å². The fraction of sp³-hybridized carbons (Fsp3) is 0.318. The first kappa shape index (κ1) is 25.9. The summed E-state index contributed by atoms with van der Waals surface area (Å²) in [5.74, 6) is -1.43. The number of nitro groups is 1. The van der Waals surface area contributed by atoms with Crippen molar-refractivity contribution in [3.05, 3.63) is 52.6 Å². The minimum Gasteiger partial charge on any atom is -0.465 e. The molecule has 0 aromatic heterocycles. The zero-order valence-electron chi connectivity index (χ0n) is 19.0. The second-order valence-electron chi connectivity index (χ2n) is 6.82. The van der Waals surface area contributed by atoms with Crippen LogP contribution in [-0.2, 0) is 23.9 Å². The highest BCUT2D eigenvalue weighted by Gasteiger charge is 2.18. The van der Waals surface area contributed by atoms with Crippen LogP contribution >= 0.6 is 0 Å². The highest BCUT2D eigenvalue weighted by atomic mass is 16.6. The normalized spacial score (nSPS) is 10.6. The first-order valence-corrected chi connectivity index (χ1v) is 10.4. The Hall–Kier alpha value is -4.35. The topological polar surface area (TPSA) is 153 Å². The summed E-state index contributed by atoms with van der Waals surface area (Å²) < 4.78 is 9.97. The molecular formula is C22H25N5O7. The minimum absolute atomic E-state index is 0.0782. The van der Waals surface area contributed by atoms with Crippen LogP contribution in [-0.4, -0.2) is 49.1 Å². The molecule has 0 aliphatic carbocycles. The van der Waals surface area contributed by atoms with E-state index in [9.17, 15) is 24.5 Å². The lowest BCUT2D eigenvalue weighted by atomic mass is 10.2. The predicted octanol–water partition coefficient (Wildman–Crippen LogP) is 3.90. The van der Waals surface area contributed by atoms with Gasteiger partial charge >= 0.3 is 11.9 Å². The van der Waals surface area contributed by atoms with Crippen molar-refractivity contribution in [2.24, 2.45) is 10.2 Å². The summed E-state index contributed by atoms with van der Waals surface area (Å²) in [5, 5.41) is 21.6. The molecule has 2 aromatic carbocycles. The van der Waals surface area contributed by atoms with E-state index in [0.717, 1.165) is 0 Å². The fourth-order valence-electron chi connectivity index (χ4n) is 2.81. The molecule has 1 N–H and O–H groups in total. The lowest BCUT2D eigenvalue weighted by Gasteiger charge is -2.23. The van der Waals surface area contributed by atoms with Crippen LogP contribution in [0.3, 0.4) is 0 Å². The number of benzene rings is 2. The van der Waals surface area contributed by atoms with Gasteiger partial charge in [0.2, 0.25) is 5.91 Å². The standard InChI is InChI=1S/C22H25N5O7/c1-4-33-21(29)13-26(14-22(30)34-5-2)18-10-11-19(20(12-18)23-15(3)28)25-24-16-6-8-17(9-7-16)27(31)32/h6-12H,4-5,13-14H2,1-3H3,(H,23,28). The maximum Gasteiger partial charge on any atom is 0.325 e.